The third-order valence-corrected chi connectivity index (χ3v) is 2.48. The number of benzene rings is 1. The number of nitrogens with one attached hydrogen (secondary N) is 1. The fraction of sp³-hybridized carbons (Fsp3) is 0.333. The lowest BCUT2D eigenvalue weighted by Gasteiger charge is -2.14. The molecule has 0 saturated carbocycles. The predicted molar refractivity (Wildman–Crippen MR) is 64.6 cm³/mol. The van der Waals surface area contributed by atoms with Crippen molar-refractivity contribution in [1.29, 1.82) is 5.26 Å². The summed E-state index contributed by atoms with van der Waals surface area (Å²) in [5, 5.41) is 11.8. The van der Waals surface area contributed by atoms with Crippen molar-refractivity contribution < 1.29 is 9.53 Å². The average Bonchev–Trinajstić information content (AvgIpc) is 2.33. The molecule has 0 bridgehead atoms. The maximum absolute atomic E-state index is 11.6. The van der Waals surface area contributed by atoms with Crippen LogP contribution in [0.5, 0.6) is 0 Å². The van der Waals surface area contributed by atoms with Crippen LogP contribution in [0, 0.1) is 11.3 Å². The quantitative estimate of drug-likeness (QED) is 0.808. The number of rotatable bonds is 5. The molecule has 1 N–H and O–H groups in total. The van der Waals surface area contributed by atoms with Crippen molar-refractivity contribution in [2.75, 3.05) is 13.7 Å². The topological polar surface area (TPSA) is 62.1 Å². The van der Waals surface area contributed by atoms with Gasteiger partial charge < -0.3 is 10.1 Å². The normalized spacial score (nSPS) is 11.6. The number of carbonyl (C=O) groups is 1. The van der Waals surface area contributed by atoms with E-state index in [4.69, 9.17) is 21.6 Å². The standard InChI is InChI=1S/C12H13ClN2O2/c1-15-11(12(16)17-6-5-14)8-9-3-2-4-10(13)7-9/h2-4,7,11,15H,6,8H2,1H3/t11-/m0/s1. The molecule has 1 aromatic rings. The summed E-state index contributed by atoms with van der Waals surface area (Å²) in [5.74, 6) is -0.436. The van der Waals surface area contributed by atoms with Crippen molar-refractivity contribution in [2.24, 2.45) is 0 Å². The summed E-state index contributed by atoms with van der Waals surface area (Å²) in [4.78, 5) is 11.6. The molecule has 0 unspecified atom stereocenters. The van der Waals surface area contributed by atoms with Crippen molar-refractivity contribution in [1.82, 2.24) is 5.32 Å². The lowest BCUT2D eigenvalue weighted by atomic mass is 10.1. The molecule has 5 heteroatoms. The SMILES string of the molecule is CN[C@@H](Cc1cccc(Cl)c1)C(=O)OCC#N. The Bertz CT molecular complexity index is 429. The van der Waals surface area contributed by atoms with Crippen LogP contribution in [0.25, 0.3) is 0 Å². The van der Waals surface area contributed by atoms with E-state index in [1.54, 1.807) is 25.2 Å². The van der Waals surface area contributed by atoms with Crippen LogP contribution in [-0.4, -0.2) is 25.7 Å². The van der Waals surface area contributed by atoms with Gasteiger partial charge in [-0.1, -0.05) is 23.7 Å². The van der Waals surface area contributed by atoms with Gasteiger partial charge in [0.15, 0.2) is 6.61 Å². The van der Waals surface area contributed by atoms with Gasteiger partial charge in [0.1, 0.15) is 12.1 Å². The van der Waals surface area contributed by atoms with E-state index in [0.717, 1.165) is 5.56 Å². The Morgan fingerprint density at radius 1 is 1.65 bits per heavy atom. The van der Waals surface area contributed by atoms with E-state index in [-0.39, 0.29) is 6.61 Å². The molecule has 1 atom stereocenters. The Balaban J connectivity index is 2.64. The first-order valence-electron chi connectivity index (χ1n) is 5.12. The number of nitrogens with zero attached hydrogens (tertiary/aromatic N) is 1. The highest BCUT2D eigenvalue weighted by Gasteiger charge is 2.18. The molecule has 0 aliphatic carbocycles. The van der Waals surface area contributed by atoms with Crippen LogP contribution in [0.3, 0.4) is 0 Å². The average molecular weight is 253 g/mol. The van der Waals surface area contributed by atoms with Gasteiger partial charge >= 0.3 is 5.97 Å². The summed E-state index contributed by atoms with van der Waals surface area (Å²) < 4.78 is 4.75. The summed E-state index contributed by atoms with van der Waals surface area (Å²) in [6.45, 7) is -0.230. The highest BCUT2D eigenvalue weighted by molar-refractivity contribution is 6.30. The number of esters is 1. The first kappa shape index (κ1) is 13.5. The van der Waals surface area contributed by atoms with Crippen LogP contribution >= 0.6 is 11.6 Å². The van der Waals surface area contributed by atoms with Gasteiger partial charge in [-0.05, 0) is 31.2 Å². The summed E-state index contributed by atoms with van der Waals surface area (Å²) in [6, 6.07) is 8.56. The third-order valence-electron chi connectivity index (χ3n) is 2.24. The van der Waals surface area contributed by atoms with Gasteiger partial charge in [-0.3, -0.25) is 4.79 Å². The number of nitriles is 1. The first-order valence-corrected chi connectivity index (χ1v) is 5.50. The molecule has 90 valence electrons. The highest BCUT2D eigenvalue weighted by Crippen LogP contribution is 2.12. The fourth-order valence-corrected chi connectivity index (χ4v) is 1.62. The van der Waals surface area contributed by atoms with E-state index in [1.165, 1.54) is 0 Å². The number of hydrogen-bond acceptors (Lipinski definition) is 4. The second kappa shape index (κ2) is 6.89. The zero-order valence-electron chi connectivity index (χ0n) is 9.44. The molecule has 0 aliphatic rings. The monoisotopic (exact) mass is 252 g/mol. The lowest BCUT2D eigenvalue weighted by molar-refractivity contribution is -0.144. The van der Waals surface area contributed by atoms with Gasteiger partial charge in [0, 0.05) is 5.02 Å². The minimum absolute atomic E-state index is 0.230. The van der Waals surface area contributed by atoms with Gasteiger partial charge in [-0.2, -0.15) is 5.26 Å². The molecule has 17 heavy (non-hydrogen) atoms. The Morgan fingerprint density at radius 3 is 3.00 bits per heavy atom. The number of likely N-dealkylation sites (N-methyl/N-ethyl adjacent to an activating group) is 1. The molecule has 0 heterocycles. The third kappa shape index (κ3) is 4.43. The van der Waals surface area contributed by atoms with Crippen LogP contribution in [0.4, 0.5) is 0 Å². The maximum atomic E-state index is 11.6. The molecule has 4 nitrogen and oxygen atoms in total. The Labute approximate surface area is 105 Å². The molecule has 0 fully saturated rings. The molecule has 0 aliphatic heterocycles. The van der Waals surface area contributed by atoms with Crippen LogP contribution < -0.4 is 5.32 Å². The fourth-order valence-electron chi connectivity index (χ4n) is 1.41. The van der Waals surface area contributed by atoms with Gasteiger partial charge in [0.2, 0.25) is 0 Å². The van der Waals surface area contributed by atoms with E-state index in [9.17, 15) is 4.79 Å². The summed E-state index contributed by atoms with van der Waals surface area (Å²) in [7, 11) is 1.67. The van der Waals surface area contributed by atoms with Crippen molar-refractivity contribution in [3.8, 4) is 6.07 Å². The molecule has 0 aromatic heterocycles. The van der Waals surface area contributed by atoms with Gasteiger partial charge in [-0.25, -0.2) is 0 Å². The van der Waals surface area contributed by atoms with E-state index in [0.29, 0.717) is 11.4 Å². The van der Waals surface area contributed by atoms with Crippen molar-refractivity contribution in [3.05, 3.63) is 34.9 Å². The number of halogens is 1. The van der Waals surface area contributed by atoms with Gasteiger partial charge in [0.25, 0.3) is 0 Å². The molecular weight excluding hydrogens is 240 g/mol. The van der Waals surface area contributed by atoms with Gasteiger partial charge in [-0.15, -0.1) is 0 Å². The summed E-state index contributed by atoms with van der Waals surface area (Å²) >= 11 is 5.86. The van der Waals surface area contributed by atoms with Crippen molar-refractivity contribution in [3.63, 3.8) is 0 Å². The second-order valence-corrected chi connectivity index (χ2v) is 3.88. The number of hydrogen-bond donors (Lipinski definition) is 1. The first-order chi connectivity index (χ1) is 8.17. The predicted octanol–water partition coefficient (Wildman–Crippen LogP) is 1.54. The minimum atomic E-state index is -0.471. The number of carbonyl (C=O) groups excluding carboxylic acids is 1. The molecule has 0 saturated heterocycles. The van der Waals surface area contributed by atoms with Crippen LogP contribution in [-0.2, 0) is 16.0 Å². The van der Waals surface area contributed by atoms with Crippen LogP contribution in [0.1, 0.15) is 5.56 Å². The maximum Gasteiger partial charge on any atom is 0.324 e. The van der Waals surface area contributed by atoms with Crippen LogP contribution in [0.15, 0.2) is 24.3 Å². The van der Waals surface area contributed by atoms with E-state index < -0.39 is 12.0 Å². The smallest absolute Gasteiger partial charge is 0.324 e. The molecule has 0 radical (unpaired) electrons. The largest absolute Gasteiger partial charge is 0.449 e. The Hall–Kier alpha value is -1.57. The molecule has 0 amide bonds. The van der Waals surface area contributed by atoms with Gasteiger partial charge in [0.05, 0.1) is 0 Å². The van der Waals surface area contributed by atoms with E-state index in [1.807, 2.05) is 12.1 Å². The van der Waals surface area contributed by atoms with E-state index >= 15 is 0 Å². The molecule has 1 aromatic carbocycles. The zero-order valence-corrected chi connectivity index (χ0v) is 10.2. The lowest BCUT2D eigenvalue weighted by Crippen LogP contribution is -2.37. The number of ether oxygens (including phenoxy) is 1. The summed E-state index contributed by atoms with van der Waals surface area (Å²) in [6.07, 6.45) is 0.474. The molecule has 1 rings (SSSR count). The van der Waals surface area contributed by atoms with Crippen molar-refractivity contribution in [2.45, 2.75) is 12.5 Å². The molecular formula is C12H13ClN2O2. The highest BCUT2D eigenvalue weighted by atomic mass is 35.5. The van der Waals surface area contributed by atoms with Crippen LogP contribution in [0.2, 0.25) is 5.02 Å². The van der Waals surface area contributed by atoms with Crippen molar-refractivity contribution >= 4 is 17.6 Å². The Kier molecular flexibility index (Phi) is 5.47. The van der Waals surface area contributed by atoms with E-state index in [2.05, 4.69) is 5.32 Å². The zero-order chi connectivity index (χ0) is 12.7. The summed E-state index contributed by atoms with van der Waals surface area (Å²) in [5.41, 5.74) is 0.936. The minimum Gasteiger partial charge on any atom is -0.449 e. The second-order valence-electron chi connectivity index (χ2n) is 3.44. The Morgan fingerprint density at radius 2 is 2.41 bits per heavy atom. The molecule has 0 spiro atoms.